The van der Waals surface area contributed by atoms with E-state index in [1.54, 1.807) is 0 Å². The van der Waals surface area contributed by atoms with Crippen molar-refractivity contribution in [2.45, 2.75) is 162 Å². The Bertz CT molecular complexity index is 623. The van der Waals surface area contributed by atoms with Crippen LogP contribution in [0.1, 0.15) is 160 Å². The quantitative estimate of drug-likeness (QED) is 0.206. The summed E-state index contributed by atoms with van der Waals surface area (Å²) in [5.41, 5.74) is 1.34. The number of unbranched alkanes of at least 4 members (excludes halogenated alkanes) is 9. The van der Waals surface area contributed by atoms with Crippen LogP contribution in [-0.2, 0) is 12.8 Å². The van der Waals surface area contributed by atoms with Gasteiger partial charge in [-0.05, 0) is 74.2 Å². The highest BCUT2D eigenvalue weighted by atomic mass is 14.9. The number of aromatic nitrogens is 2. The predicted octanol–water partition coefficient (Wildman–Crippen LogP) is 10.3. The predicted molar refractivity (Wildman–Crippen MR) is 152 cm³/mol. The molecular weight excluding hydrogens is 424 g/mol. The first-order valence-corrected chi connectivity index (χ1v) is 16.1. The number of hydrogen-bond donors (Lipinski definition) is 0. The third kappa shape index (κ3) is 11.3. The van der Waals surface area contributed by atoms with E-state index in [2.05, 4.69) is 26.2 Å². The van der Waals surface area contributed by atoms with Gasteiger partial charge in [0.25, 0.3) is 0 Å². The Balaban J connectivity index is 1.20. The van der Waals surface area contributed by atoms with Gasteiger partial charge in [0.2, 0.25) is 0 Å². The first-order valence-electron chi connectivity index (χ1n) is 16.1. The fraction of sp³-hybridized carbons (Fsp3) is 0.879. The molecule has 3 rings (SSSR count). The summed E-state index contributed by atoms with van der Waals surface area (Å²) < 4.78 is 0. The van der Waals surface area contributed by atoms with Crippen LogP contribution in [0.3, 0.4) is 0 Å². The molecule has 0 saturated heterocycles. The number of nitrogens with zero attached hydrogens (tertiary/aromatic N) is 2. The molecule has 1 aromatic rings. The monoisotopic (exact) mass is 482 g/mol. The van der Waals surface area contributed by atoms with E-state index >= 15 is 0 Å². The molecular formula is C33H58N2. The van der Waals surface area contributed by atoms with Crippen LogP contribution >= 0.6 is 0 Å². The Labute approximate surface area is 218 Å². The number of aryl methyl sites for hydroxylation is 2. The minimum atomic E-state index is 0.914. The van der Waals surface area contributed by atoms with Crippen molar-refractivity contribution in [3.63, 3.8) is 0 Å². The van der Waals surface area contributed by atoms with Crippen molar-refractivity contribution in [3.8, 4) is 0 Å². The summed E-state index contributed by atoms with van der Waals surface area (Å²) in [5.74, 6) is 5.13. The van der Waals surface area contributed by atoms with Crippen molar-refractivity contribution in [2.24, 2.45) is 23.7 Å². The normalized spacial score (nSPS) is 25.1. The molecule has 0 amide bonds. The molecule has 2 aliphatic rings. The van der Waals surface area contributed by atoms with Crippen molar-refractivity contribution in [1.82, 2.24) is 9.97 Å². The van der Waals surface area contributed by atoms with Crippen LogP contribution in [0.15, 0.2) is 12.4 Å². The summed E-state index contributed by atoms with van der Waals surface area (Å²) >= 11 is 0. The second kappa shape index (κ2) is 17.5. The van der Waals surface area contributed by atoms with Crippen molar-refractivity contribution in [3.05, 3.63) is 23.8 Å². The van der Waals surface area contributed by atoms with Crippen LogP contribution in [0.2, 0.25) is 0 Å². The van der Waals surface area contributed by atoms with Crippen LogP contribution in [0.5, 0.6) is 0 Å². The molecule has 0 spiro atoms. The van der Waals surface area contributed by atoms with E-state index in [0.29, 0.717) is 0 Å². The summed E-state index contributed by atoms with van der Waals surface area (Å²) in [6.07, 6.45) is 36.6. The molecule has 0 bridgehead atoms. The smallest absolute Gasteiger partial charge is 0.128 e. The first kappa shape index (κ1) is 28.6. The highest BCUT2D eigenvalue weighted by Crippen LogP contribution is 2.42. The van der Waals surface area contributed by atoms with Crippen LogP contribution < -0.4 is 0 Å². The van der Waals surface area contributed by atoms with Crippen LogP contribution in [-0.4, -0.2) is 9.97 Å². The van der Waals surface area contributed by atoms with E-state index in [0.717, 1.165) is 42.3 Å². The lowest BCUT2D eigenvalue weighted by Crippen LogP contribution is -2.26. The molecule has 2 saturated carbocycles. The van der Waals surface area contributed by atoms with Gasteiger partial charge in [0.05, 0.1) is 0 Å². The summed E-state index contributed by atoms with van der Waals surface area (Å²) in [7, 11) is 0. The molecule has 0 radical (unpaired) electrons. The summed E-state index contributed by atoms with van der Waals surface area (Å²) in [4.78, 5) is 9.45. The maximum Gasteiger partial charge on any atom is 0.128 e. The maximum absolute atomic E-state index is 4.73. The molecule has 2 fully saturated rings. The van der Waals surface area contributed by atoms with Gasteiger partial charge < -0.3 is 0 Å². The Morgan fingerprint density at radius 2 is 1.03 bits per heavy atom. The Hall–Kier alpha value is -0.920. The lowest BCUT2D eigenvalue weighted by molar-refractivity contribution is 0.141. The summed E-state index contributed by atoms with van der Waals surface area (Å²) in [5, 5.41) is 0. The molecule has 0 aliphatic heterocycles. The highest BCUT2D eigenvalue weighted by Gasteiger charge is 2.30. The van der Waals surface area contributed by atoms with Crippen molar-refractivity contribution in [1.29, 1.82) is 0 Å². The fourth-order valence-electron chi connectivity index (χ4n) is 7.09. The van der Waals surface area contributed by atoms with Gasteiger partial charge in [0, 0.05) is 18.8 Å². The molecule has 200 valence electrons. The summed E-state index contributed by atoms with van der Waals surface area (Å²) in [6, 6.07) is 0. The van der Waals surface area contributed by atoms with Crippen LogP contribution in [0.25, 0.3) is 0 Å². The van der Waals surface area contributed by atoms with Gasteiger partial charge in [-0.15, -0.1) is 0 Å². The van der Waals surface area contributed by atoms with Crippen molar-refractivity contribution in [2.75, 3.05) is 0 Å². The van der Waals surface area contributed by atoms with E-state index < -0.39 is 0 Å². The maximum atomic E-state index is 4.73. The molecule has 0 atom stereocenters. The van der Waals surface area contributed by atoms with Gasteiger partial charge in [0.1, 0.15) is 5.82 Å². The second-order valence-corrected chi connectivity index (χ2v) is 12.3. The Kier molecular flexibility index (Phi) is 14.3. The van der Waals surface area contributed by atoms with E-state index in [1.807, 2.05) is 0 Å². The fourth-order valence-corrected chi connectivity index (χ4v) is 7.09. The molecule has 2 heteroatoms. The van der Waals surface area contributed by atoms with Gasteiger partial charge in [-0.1, -0.05) is 110 Å². The number of rotatable bonds is 17. The molecule has 1 heterocycles. The third-order valence-corrected chi connectivity index (χ3v) is 9.50. The topological polar surface area (TPSA) is 25.8 Å². The zero-order valence-corrected chi connectivity index (χ0v) is 23.6. The average Bonchev–Trinajstić information content (AvgIpc) is 2.90. The molecule has 0 N–H and O–H groups in total. The second-order valence-electron chi connectivity index (χ2n) is 12.3. The van der Waals surface area contributed by atoms with Gasteiger partial charge in [-0.25, -0.2) is 9.97 Å². The highest BCUT2D eigenvalue weighted by molar-refractivity contribution is 5.05. The average molecular weight is 483 g/mol. The van der Waals surface area contributed by atoms with E-state index in [1.165, 1.54) is 140 Å². The lowest BCUT2D eigenvalue weighted by atomic mass is 9.68. The van der Waals surface area contributed by atoms with Gasteiger partial charge in [0.15, 0.2) is 0 Å². The summed E-state index contributed by atoms with van der Waals surface area (Å²) in [6.45, 7) is 4.65. The van der Waals surface area contributed by atoms with Gasteiger partial charge >= 0.3 is 0 Å². The molecule has 0 aromatic carbocycles. The molecule has 35 heavy (non-hydrogen) atoms. The zero-order valence-electron chi connectivity index (χ0n) is 23.6. The van der Waals surface area contributed by atoms with E-state index in [-0.39, 0.29) is 0 Å². The molecule has 2 aliphatic carbocycles. The van der Waals surface area contributed by atoms with E-state index in [4.69, 9.17) is 9.97 Å². The molecule has 0 unspecified atom stereocenters. The van der Waals surface area contributed by atoms with Crippen molar-refractivity contribution < 1.29 is 0 Å². The minimum absolute atomic E-state index is 0.914. The largest absolute Gasteiger partial charge is 0.241 e. The standard InChI is InChI=1S/C33H58N2/c1-3-5-6-7-8-9-10-11-12-13-15-30-26-34-33(35-27-30)25-20-29-18-23-32(24-19-29)31-21-16-28(14-4-2)17-22-31/h26-29,31-32H,3-25H2,1-2H3. The Morgan fingerprint density at radius 1 is 0.543 bits per heavy atom. The van der Waals surface area contributed by atoms with Gasteiger partial charge in [-0.3, -0.25) is 0 Å². The van der Waals surface area contributed by atoms with Crippen LogP contribution in [0.4, 0.5) is 0 Å². The zero-order chi connectivity index (χ0) is 24.6. The molecule has 2 nitrogen and oxygen atoms in total. The Morgan fingerprint density at radius 3 is 1.54 bits per heavy atom. The molecule has 1 aromatic heterocycles. The first-order chi connectivity index (χ1) is 17.3. The SMILES string of the molecule is CCCCCCCCCCCCc1cnc(CCC2CCC(C3CCC(CCC)CC3)CC2)nc1. The van der Waals surface area contributed by atoms with Gasteiger partial charge in [-0.2, -0.15) is 0 Å². The van der Waals surface area contributed by atoms with Crippen LogP contribution in [0, 0.1) is 23.7 Å². The third-order valence-electron chi connectivity index (χ3n) is 9.50. The lowest BCUT2D eigenvalue weighted by Gasteiger charge is -2.38. The minimum Gasteiger partial charge on any atom is -0.241 e. The number of hydrogen-bond acceptors (Lipinski definition) is 2. The van der Waals surface area contributed by atoms with E-state index in [9.17, 15) is 0 Å². The van der Waals surface area contributed by atoms with Crippen molar-refractivity contribution >= 4 is 0 Å².